The van der Waals surface area contributed by atoms with Crippen LogP contribution < -0.4 is 5.32 Å². The zero-order valence-corrected chi connectivity index (χ0v) is 10.9. The van der Waals surface area contributed by atoms with Gasteiger partial charge in [0.25, 0.3) is 0 Å². The van der Waals surface area contributed by atoms with Crippen LogP contribution in [0.2, 0.25) is 0 Å². The van der Waals surface area contributed by atoms with Gasteiger partial charge in [-0.2, -0.15) is 13.2 Å². The van der Waals surface area contributed by atoms with Crippen LogP contribution in [0.15, 0.2) is 0 Å². The summed E-state index contributed by atoms with van der Waals surface area (Å²) in [6, 6.07) is -0.143. The fourth-order valence-electron chi connectivity index (χ4n) is 3.44. The molecule has 1 saturated heterocycles. The second-order valence-corrected chi connectivity index (χ2v) is 5.78. The average Bonchev–Trinajstić information content (AvgIpc) is 2.26. The minimum Gasteiger partial charge on any atom is -0.372 e. The minimum atomic E-state index is -4.07. The summed E-state index contributed by atoms with van der Waals surface area (Å²) in [5, 5.41) is 3.25. The SMILES string of the molecule is CC1CCCC2(C1)OCCNC2CCC(F)(F)F. The summed E-state index contributed by atoms with van der Waals surface area (Å²) < 4.78 is 43.0. The summed E-state index contributed by atoms with van der Waals surface area (Å²) in [6.07, 6.45) is -0.640. The summed E-state index contributed by atoms with van der Waals surface area (Å²) in [6.45, 7) is 3.45. The highest BCUT2D eigenvalue weighted by molar-refractivity contribution is 4.99. The number of rotatable bonds is 2. The standard InChI is InChI=1S/C13H22F3NO/c1-10-3-2-5-12(9-10)11(17-7-8-18-12)4-6-13(14,15)16/h10-11,17H,2-9H2,1H3. The Hall–Kier alpha value is -0.290. The first-order chi connectivity index (χ1) is 8.41. The highest BCUT2D eigenvalue weighted by Crippen LogP contribution is 2.41. The van der Waals surface area contributed by atoms with E-state index in [-0.39, 0.29) is 18.1 Å². The predicted octanol–water partition coefficient (Wildman–Crippen LogP) is 3.27. The lowest BCUT2D eigenvalue weighted by Gasteiger charge is -2.48. The van der Waals surface area contributed by atoms with Crippen LogP contribution in [0.3, 0.4) is 0 Å². The van der Waals surface area contributed by atoms with Gasteiger partial charge in [-0.3, -0.25) is 0 Å². The van der Waals surface area contributed by atoms with Gasteiger partial charge in [0.05, 0.1) is 12.2 Å². The Morgan fingerprint density at radius 2 is 2.17 bits per heavy atom. The van der Waals surface area contributed by atoms with Crippen molar-refractivity contribution in [1.29, 1.82) is 0 Å². The lowest BCUT2D eigenvalue weighted by atomic mass is 9.73. The lowest BCUT2D eigenvalue weighted by molar-refractivity contribution is -0.156. The molecular formula is C13H22F3NO. The van der Waals surface area contributed by atoms with Crippen LogP contribution in [-0.4, -0.2) is 31.0 Å². The molecule has 1 spiro atoms. The van der Waals surface area contributed by atoms with Gasteiger partial charge in [0, 0.05) is 19.0 Å². The van der Waals surface area contributed by atoms with Gasteiger partial charge in [0.2, 0.25) is 0 Å². The molecule has 1 saturated carbocycles. The molecule has 0 radical (unpaired) electrons. The summed E-state index contributed by atoms with van der Waals surface area (Å²) in [5.41, 5.74) is -0.346. The van der Waals surface area contributed by atoms with E-state index < -0.39 is 12.6 Å². The molecule has 0 bridgehead atoms. The van der Waals surface area contributed by atoms with Crippen molar-refractivity contribution >= 4 is 0 Å². The molecule has 1 heterocycles. The zero-order chi connectivity index (χ0) is 13.2. The average molecular weight is 265 g/mol. The molecule has 2 fully saturated rings. The molecule has 5 heteroatoms. The first-order valence-corrected chi connectivity index (χ1v) is 6.85. The number of ether oxygens (including phenoxy) is 1. The summed E-state index contributed by atoms with van der Waals surface area (Å²) in [4.78, 5) is 0. The maximum absolute atomic E-state index is 12.4. The molecule has 2 rings (SSSR count). The molecule has 0 amide bonds. The van der Waals surface area contributed by atoms with Crippen molar-refractivity contribution in [2.75, 3.05) is 13.2 Å². The normalized spacial score (nSPS) is 38.0. The second-order valence-electron chi connectivity index (χ2n) is 5.78. The van der Waals surface area contributed by atoms with Crippen LogP contribution in [0.1, 0.15) is 45.4 Å². The topological polar surface area (TPSA) is 21.3 Å². The summed E-state index contributed by atoms with van der Waals surface area (Å²) in [5.74, 6) is 0.548. The van der Waals surface area contributed by atoms with E-state index in [1.165, 1.54) is 0 Å². The molecule has 1 aliphatic carbocycles. The quantitative estimate of drug-likeness (QED) is 0.827. The molecule has 0 aromatic rings. The van der Waals surface area contributed by atoms with Crippen molar-refractivity contribution in [2.45, 2.75) is 63.3 Å². The van der Waals surface area contributed by atoms with E-state index >= 15 is 0 Å². The molecule has 2 aliphatic rings. The Bertz CT molecular complexity index is 278. The Balaban J connectivity index is 2.01. The van der Waals surface area contributed by atoms with Gasteiger partial charge < -0.3 is 10.1 Å². The molecule has 3 unspecified atom stereocenters. The first-order valence-electron chi connectivity index (χ1n) is 6.85. The van der Waals surface area contributed by atoms with E-state index in [1.54, 1.807) is 0 Å². The molecule has 0 aromatic carbocycles. The van der Waals surface area contributed by atoms with Crippen molar-refractivity contribution in [3.8, 4) is 0 Å². The van der Waals surface area contributed by atoms with Crippen molar-refractivity contribution in [1.82, 2.24) is 5.32 Å². The van der Waals surface area contributed by atoms with Gasteiger partial charge in [-0.1, -0.05) is 19.8 Å². The van der Waals surface area contributed by atoms with E-state index in [4.69, 9.17) is 4.74 Å². The lowest BCUT2D eigenvalue weighted by Crippen LogP contribution is -2.59. The third kappa shape index (κ3) is 3.38. The fourth-order valence-corrected chi connectivity index (χ4v) is 3.44. The van der Waals surface area contributed by atoms with Crippen molar-refractivity contribution in [3.63, 3.8) is 0 Å². The smallest absolute Gasteiger partial charge is 0.372 e. The summed E-state index contributed by atoms with van der Waals surface area (Å²) in [7, 11) is 0. The van der Waals surface area contributed by atoms with Crippen molar-refractivity contribution in [3.05, 3.63) is 0 Å². The molecule has 3 atom stereocenters. The third-order valence-electron chi connectivity index (χ3n) is 4.22. The van der Waals surface area contributed by atoms with E-state index in [0.717, 1.165) is 25.7 Å². The third-order valence-corrected chi connectivity index (χ3v) is 4.22. The van der Waals surface area contributed by atoms with Crippen LogP contribution in [0.5, 0.6) is 0 Å². The highest BCUT2D eigenvalue weighted by Gasteiger charge is 2.45. The maximum Gasteiger partial charge on any atom is 0.389 e. The van der Waals surface area contributed by atoms with Gasteiger partial charge >= 0.3 is 6.18 Å². The highest BCUT2D eigenvalue weighted by atomic mass is 19.4. The molecule has 106 valence electrons. The molecule has 1 aliphatic heterocycles. The molecular weight excluding hydrogens is 243 g/mol. The van der Waals surface area contributed by atoms with Gasteiger partial charge in [-0.05, 0) is 25.2 Å². The zero-order valence-electron chi connectivity index (χ0n) is 10.9. The van der Waals surface area contributed by atoms with Gasteiger partial charge in [-0.15, -0.1) is 0 Å². The van der Waals surface area contributed by atoms with Gasteiger partial charge in [0.1, 0.15) is 0 Å². The van der Waals surface area contributed by atoms with Crippen LogP contribution in [-0.2, 0) is 4.74 Å². The number of hydrogen-bond donors (Lipinski definition) is 1. The Morgan fingerprint density at radius 1 is 1.39 bits per heavy atom. The van der Waals surface area contributed by atoms with E-state index in [9.17, 15) is 13.2 Å². The van der Waals surface area contributed by atoms with Gasteiger partial charge in [-0.25, -0.2) is 0 Å². The number of halogens is 3. The van der Waals surface area contributed by atoms with E-state index in [0.29, 0.717) is 19.1 Å². The summed E-state index contributed by atoms with van der Waals surface area (Å²) >= 11 is 0. The number of morpholine rings is 1. The van der Waals surface area contributed by atoms with Crippen molar-refractivity contribution in [2.24, 2.45) is 5.92 Å². The second kappa shape index (κ2) is 5.37. The van der Waals surface area contributed by atoms with E-state index in [2.05, 4.69) is 12.2 Å². The Labute approximate surface area is 106 Å². The number of nitrogens with one attached hydrogen (secondary N) is 1. The minimum absolute atomic E-state index is 0.135. The number of hydrogen-bond acceptors (Lipinski definition) is 2. The van der Waals surface area contributed by atoms with Gasteiger partial charge in [0.15, 0.2) is 0 Å². The van der Waals surface area contributed by atoms with E-state index in [1.807, 2.05) is 0 Å². The van der Waals surface area contributed by atoms with Crippen molar-refractivity contribution < 1.29 is 17.9 Å². The fraction of sp³-hybridized carbons (Fsp3) is 1.00. The maximum atomic E-state index is 12.4. The predicted molar refractivity (Wildman–Crippen MR) is 63.4 cm³/mol. The molecule has 0 aromatic heterocycles. The molecule has 18 heavy (non-hydrogen) atoms. The molecule has 2 nitrogen and oxygen atoms in total. The number of alkyl halides is 3. The largest absolute Gasteiger partial charge is 0.389 e. The van der Waals surface area contributed by atoms with Crippen LogP contribution in [0, 0.1) is 5.92 Å². The van der Waals surface area contributed by atoms with Crippen LogP contribution in [0.4, 0.5) is 13.2 Å². The Kier molecular flexibility index (Phi) is 4.22. The molecule has 1 N–H and O–H groups in total. The monoisotopic (exact) mass is 265 g/mol. The van der Waals surface area contributed by atoms with Crippen LogP contribution in [0.25, 0.3) is 0 Å². The van der Waals surface area contributed by atoms with Crippen LogP contribution >= 0.6 is 0 Å². The Morgan fingerprint density at radius 3 is 2.83 bits per heavy atom. The first kappa shape index (κ1) is 14.1.